The first-order valence-electron chi connectivity index (χ1n) is 6.92. The topological polar surface area (TPSA) is 57.9 Å². The van der Waals surface area contributed by atoms with E-state index in [9.17, 15) is 4.79 Å². The standard InChI is InChI=1S/C17H11ClO5/c1-9-12-6-10(18)2-4-13(12)23-16(9)17(19)22-11-3-5-14-15(7-11)21-8-20-14/h2-7H,8H2,1H3. The number of fused-ring (bicyclic) bond motifs is 2. The molecule has 0 radical (unpaired) electrons. The van der Waals surface area contributed by atoms with Gasteiger partial charge in [0.15, 0.2) is 11.5 Å². The molecule has 0 unspecified atom stereocenters. The molecule has 23 heavy (non-hydrogen) atoms. The second-order valence-corrected chi connectivity index (χ2v) is 5.54. The van der Waals surface area contributed by atoms with E-state index in [0.717, 1.165) is 5.39 Å². The lowest BCUT2D eigenvalue weighted by Gasteiger charge is -2.04. The third-order valence-electron chi connectivity index (χ3n) is 3.64. The Morgan fingerprint density at radius 2 is 1.96 bits per heavy atom. The van der Waals surface area contributed by atoms with Crippen LogP contribution in [-0.4, -0.2) is 12.8 Å². The number of aryl methyl sites for hydroxylation is 1. The van der Waals surface area contributed by atoms with Gasteiger partial charge >= 0.3 is 5.97 Å². The lowest BCUT2D eigenvalue weighted by Crippen LogP contribution is -2.08. The zero-order chi connectivity index (χ0) is 16.0. The molecule has 6 heteroatoms. The van der Waals surface area contributed by atoms with Crippen molar-refractivity contribution in [3.63, 3.8) is 0 Å². The number of carbonyl (C=O) groups is 1. The van der Waals surface area contributed by atoms with Gasteiger partial charge in [0, 0.05) is 22.0 Å². The summed E-state index contributed by atoms with van der Waals surface area (Å²) in [7, 11) is 0. The van der Waals surface area contributed by atoms with E-state index in [1.165, 1.54) is 0 Å². The first kappa shape index (κ1) is 14.0. The normalized spacial score (nSPS) is 12.6. The molecule has 0 bridgehead atoms. The Hall–Kier alpha value is -2.66. The molecule has 1 aromatic heterocycles. The van der Waals surface area contributed by atoms with Crippen LogP contribution < -0.4 is 14.2 Å². The van der Waals surface area contributed by atoms with Crippen LogP contribution in [0.5, 0.6) is 17.2 Å². The van der Waals surface area contributed by atoms with E-state index in [0.29, 0.717) is 33.4 Å². The molecular formula is C17H11ClO5. The fourth-order valence-electron chi connectivity index (χ4n) is 2.48. The number of carbonyl (C=O) groups excluding carboxylic acids is 1. The summed E-state index contributed by atoms with van der Waals surface area (Å²) in [6.07, 6.45) is 0. The molecule has 2 aromatic carbocycles. The van der Waals surface area contributed by atoms with Crippen LogP contribution in [0.3, 0.4) is 0 Å². The maximum absolute atomic E-state index is 12.4. The van der Waals surface area contributed by atoms with Crippen LogP contribution in [0, 0.1) is 6.92 Å². The van der Waals surface area contributed by atoms with Gasteiger partial charge in [-0.3, -0.25) is 0 Å². The molecule has 0 aliphatic carbocycles. The smallest absolute Gasteiger partial charge is 0.379 e. The number of ether oxygens (including phenoxy) is 3. The average Bonchev–Trinajstić information content (AvgIpc) is 3.12. The van der Waals surface area contributed by atoms with Crippen molar-refractivity contribution in [2.24, 2.45) is 0 Å². The molecule has 116 valence electrons. The van der Waals surface area contributed by atoms with Gasteiger partial charge in [0.25, 0.3) is 0 Å². The van der Waals surface area contributed by atoms with E-state index in [4.69, 9.17) is 30.2 Å². The molecule has 0 N–H and O–H groups in total. The minimum absolute atomic E-state index is 0.153. The highest BCUT2D eigenvalue weighted by atomic mass is 35.5. The Balaban J connectivity index is 1.65. The zero-order valence-corrected chi connectivity index (χ0v) is 12.8. The maximum Gasteiger partial charge on any atom is 0.379 e. The molecule has 0 saturated heterocycles. The fraction of sp³-hybridized carbons (Fsp3) is 0.118. The Morgan fingerprint density at radius 3 is 2.83 bits per heavy atom. The van der Waals surface area contributed by atoms with E-state index >= 15 is 0 Å². The molecule has 3 aromatic rings. The summed E-state index contributed by atoms with van der Waals surface area (Å²) in [5, 5.41) is 1.37. The molecule has 0 spiro atoms. The summed E-state index contributed by atoms with van der Waals surface area (Å²) < 4.78 is 21.4. The highest BCUT2D eigenvalue weighted by Gasteiger charge is 2.21. The van der Waals surface area contributed by atoms with Crippen molar-refractivity contribution in [1.82, 2.24) is 0 Å². The number of hydrogen-bond donors (Lipinski definition) is 0. The second-order valence-electron chi connectivity index (χ2n) is 5.10. The van der Waals surface area contributed by atoms with Crippen LogP contribution in [0.2, 0.25) is 5.02 Å². The molecule has 0 atom stereocenters. The quantitative estimate of drug-likeness (QED) is 0.516. The summed E-state index contributed by atoms with van der Waals surface area (Å²) in [5.41, 5.74) is 1.28. The number of hydrogen-bond acceptors (Lipinski definition) is 5. The minimum atomic E-state index is -0.575. The fourth-order valence-corrected chi connectivity index (χ4v) is 2.65. The zero-order valence-electron chi connectivity index (χ0n) is 12.1. The van der Waals surface area contributed by atoms with Gasteiger partial charge in [0.1, 0.15) is 11.3 Å². The molecule has 1 aliphatic heterocycles. The molecule has 0 saturated carbocycles. The number of halogens is 1. The van der Waals surface area contributed by atoms with Crippen LogP contribution in [-0.2, 0) is 0 Å². The van der Waals surface area contributed by atoms with Crippen LogP contribution in [0.4, 0.5) is 0 Å². The average molecular weight is 331 g/mol. The van der Waals surface area contributed by atoms with E-state index < -0.39 is 5.97 Å². The lowest BCUT2D eigenvalue weighted by molar-refractivity contribution is 0.0702. The van der Waals surface area contributed by atoms with Crippen LogP contribution >= 0.6 is 11.6 Å². The van der Waals surface area contributed by atoms with Gasteiger partial charge in [-0.2, -0.15) is 0 Å². The van der Waals surface area contributed by atoms with Crippen molar-refractivity contribution in [3.05, 3.63) is 52.7 Å². The molecule has 4 rings (SSSR count). The van der Waals surface area contributed by atoms with E-state index in [1.807, 2.05) is 0 Å². The molecular weight excluding hydrogens is 320 g/mol. The number of furan rings is 1. The Kier molecular flexibility index (Phi) is 3.16. The van der Waals surface area contributed by atoms with Crippen molar-refractivity contribution in [1.29, 1.82) is 0 Å². The van der Waals surface area contributed by atoms with Gasteiger partial charge in [-0.25, -0.2) is 4.79 Å². The Labute approximate surface area is 136 Å². The minimum Gasteiger partial charge on any atom is -0.454 e. The molecule has 0 amide bonds. The van der Waals surface area contributed by atoms with Crippen molar-refractivity contribution < 1.29 is 23.4 Å². The van der Waals surface area contributed by atoms with Gasteiger partial charge in [0.2, 0.25) is 12.6 Å². The molecule has 1 aliphatic rings. The van der Waals surface area contributed by atoms with Gasteiger partial charge in [-0.05, 0) is 37.3 Å². The number of esters is 1. The highest BCUT2D eigenvalue weighted by Crippen LogP contribution is 2.35. The van der Waals surface area contributed by atoms with Crippen molar-refractivity contribution in [2.75, 3.05) is 6.79 Å². The molecule has 2 heterocycles. The second kappa shape index (κ2) is 5.21. The number of benzene rings is 2. The largest absolute Gasteiger partial charge is 0.454 e. The van der Waals surface area contributed by atoms with Crippen molar-refractivity contribution >= 4 is 28.5 Å². The lowest BCUT2D eigenvalue weighted by atomic mass is 10.1. The third kappa shape index (κ3) is 2.39. The van der Waals surface area contributed by atoms with Crippen molar-refractivity contribution in [3.8, 4) is 17.2 Å². The van der Waals surface area contributed by atoms with Crippen LogP contribution in [0.15, 0.2) is 40.8 Å². The van der Waals surface area contributed by atoms with E-state index in [2.05, 4.69) is 0 Å². The summed E-state index contributed by atoms with van der Waals surface area (Å²) in [6, 6.07) is 10.1. The SMILES string of the molecule is Cc1c(C(=O)Oc2ccc3c(c2)OCO3)oc2ccc(Cl)cc12. The molecule has 5 nitrogen and oxygen atoms in total. The summed E-state index contributed by atoms with van der Waals surface area (Å²) >= 11 is 5.98. The third-order valence-corrected chi connectivity index (χ3v) is 3.87. The van der Waals surface area contributed by atoms with Gasteiger partial charge in [0.05, 0.1) is 0 Å². The van der Waals surface area contributed by atoms with Gasteiger partial charge in [-0.15, -0.1) is 0 Å². The van der Waals surface area contributed by atoms with E-state index in [1.54, 1.807) is 43.3 Å². The maximum atomic E-state index is 12.4. The predicted molar refractivity (Wildman–Crippen MR) is 83.5 cm³/mol. The first-order valence-corrected chi connectivity index (χ1v) is 7.30. The van der Waals surface area contributed by atoms with Crippen molar-refractivity contribution in [2.45, 2.75) is 6.92 Å². The summed E-state index contributed by atoms with van der Waals surface area (Å²) in [5.74, 6) is 1.11. The van der Waals surface area contributed by atoms with E-state index in [-0.39, 0.29) is 12.6 Å². The Bertz CT molecular complexity index is 928. The summed E-state index contributed by atoms with van der Waals surface area (Å²) in [4.78, 5) is 12.4. The predicted octanol–water partition coefficient (Wildman–Crippen LogP) is 4.34. The highest BCUT2D eigenvalue weighted by molar-refractivity contribution is 6.31. The van der Waals surface area contributed by atoms with Gasteiger partial charge in [-0.1, -0.05) is 11.6 Å². The number of rotatable bonds is 2. The first-order chi connectivity index (χ1) is 11.1. The summed E-state index contributed by atoms with van der Waals surface area (Å²) in [6.45, 7) is 1.95. The van der Waals surface area contributed by atoms with Crippen LogP contribution in [0.1, 0.15) is 16.1 Å². The van der Waals surface area contributed by atoms with Crippen LogP contribution in [0.25, 0.3) is 11.0 Å². The van der Waals surface area contributed by atoms with Gasteiger partial charge < -0.3 is 18.6 Å². The molecule has 0 fully saturated rings. The Morgan fingerprint density at radius 1 is 1.13 bits per heavy atom. The monoisotopic (exact) mass is 330 g/mol.